The Hall–Kier alpha value is -3.36. The van der Waals surface area contributed by atoms with Crippen molar-refractivity contribution in [1.82, 2.24) is 15.0 Å². The monoisotopic (exact) mass is 346 g/mol. The number of nitrogens with zero attached hydrogens (tertiary/aromatic N) is 3. The van der Waals surface area contributed by atoms with Gasteiger partial charge >= 0.3 is 6.18 Å². The second kappa shape index (κ2) is 6.63. The van der Waals surface area contributed by atoms with Crippen molar-refractivity contribution >= 4 is 28.8 Å². The highest BCUT2D eigenvalue weighted by Gasteiger charge is 2.33. The van der Waals surface area contributed by atoms with Gasteiger partial charge in [0.15, 0.2) is 11.6 Å². The van der Waals surface area contributed by atoms with Crippen LogP contribution in [0.25, 0.3) is 0 Å². The van der Waals surface area contributed by atoms with Gasteiger partial charge in [-0.15, -0.1) is 0 Å². The fraction of sp³-hybridized carbons (Fsp3) is 0.0625. The Morgan fingerprint density at radius 2 is 1.52 bits per heavy atom. The van der Waals surface area contributed by atoms with Gasteiger partial charge in [-0.3, -0.25) is 0 Å². The van der Waals surface area contributed by atoms with Crippen molar-refractivity contribution in [3.8, 4) is 0 Å². The van der Waals surface area contributed by atoms with Crippen LogP contribution in [0.2, 0.25) is 0 Å². The van der Waals surface area contributed by atoms with Crippen LogP contribution in [0, 0.1) is 0 Å². The van der Waals surface area contributed by atoms with E-state index in [9.17, 15) is 13.2 Å². The van der Waals surface area contributed by atoms with Crippen molar-refractivity contribution in [3.63, 3.8) is 0 Å². The predicted molar refractivity (Wildman–Crippen MR) is 88.7 cm³/mol. The number of nitrogens with one attached hydrogen (secondary N) is 2. The van der Waals surface area contributed by atoms with E-state index in [0.29, 0.717) is 5.82 Å². The molecule has 0 aliphatic heterocycles. The maximum absolute atomic E-state index is 13.1. The Labute approximate surface area is 141 Å². The summed E-state index contributed by atoms with van der Waals surface area (Å²) < 4.78 is 39.3. The van der Waals surface area contributed by atoms with Crippen LogP contribution in [0.3, 0.4) is 0 Å². The molecule has 25 heavy (non-hydrogen) atoms. The van der Waals surface area contributed by atoms with Gasteiger partial charge in [0.05, 0.1) is 11.3 Å². The summed E-state index contributed by atoms with van der Waals surface area (Å²) >= 11 is 0. The first-order valence-electron chi connectivity index (χ1n) is 7.17. The number of para-hydroxylation sites is 1. The second-order valence-electron chi connectivity index (χ2n) is 4.99. The van der Waals surface area contributed by atoms with Crippen molar-refractivity contribution in [2.45, 2.75) is 6.18 Å². The first-order valence-corrected chi connectivity index (χ1v) is 7.17. The third-order valence-corrected chi connectivity index (χ3v) is 3.28. The maximum Gasteiger partial charge on any atom is 0.418 e. The van der Waals surface area contributed by atoms with Crippen molar-refractivity contribution in [2.75, 3.05) is 16.4 Å². The third kappa shape index (κ3) is 3.77. The molecule has 2 aromatic heterocycles. The highest BCUT2D eigenvalue weighted by atomic mass is 19.4. The summed E-state index contributed by atoms with van der Waals surface area (Å²) in [4.78, 5) is 12.0. The van der Waals surface area contributed by atoms with Crippen LogP contribution in [0.5, 0.6) is 0 Å². The number of halogens is 3. The zero-order valence-corrected chi connectivity index (χ0v) is 12.7. The Bertz CT molecular complexity index is 867. The van der Waals surface area contributed by atoms with E-state index in [2.05, 4.69) is 25.6 Å². The first-order chi connectivity index (χ1) is 11.9. The molecule has 2 heterocycles. The van der Waals surface area contributed by atoms with Crippen LogP contribution in [-0.4, -0.2) is 15.0 Å². The first kappa shape index (κ1) is 16.5. The Morgan fingerprint density at radius 3 is 2.20 bits per heavy atom. The minimum atomic E-state index is -4.50. The molecule has 0 spiro atoms. The average Bonchev–Trinajstić information content (AvgIpc) is 2.59. The lowest BCUT2D eigenvalue weighted by Gasteiger charge is -2.16. The van der Waals surface area contributed by atoms with E-state index < -0.39 is 11.7 Å². The summed E-state index contributed by atoms with van der Waals surface area (Å²) in [5, 5.41) is 5.51. The molecule has 3 aromatic rings. The lowest BCUT2D eigenvalue weighted by Crippen LogP contribution is -2.10. The number of anilines is 5. The van der Waals surface area contributed by atoms with Crippen molar-refractivity contribution in [3.05, 3.63) is 60.6 Å². The van der Waals surface area contributed by atoms with Gasteiger partial charge in [0.25, 0.3) is 0 Å². The number of hydrogen-bond donors (Lipinski definition) is 3. The molecule has 3 rings (SSSR count). The standard InChI is InChI=1S/C16H13F3N6/c17-16(18,19)10-5-1-2-6-11(10)24-14-13(20)15(23-9-22-14)25-12-7-3-4-8-21-12/h1-9H,20H2,(H2,21,22,23,24,25). The van der Waals surface area contributed by atoms with E-state index in [-0.39, 0.29) is 23.0 Å². The summed E-state index contributed by atoms with van der Waals surface area (Å²) in [5.41, 5.74) is 5.09. The number of nitrogen functional groups attached to an aromatic ring is 1. The third-order valence-electron chi connectivity index (χ3n) is 3.28. The van der Waals surface area contributed by atoms with Crippen LogP contribution in [-0.2, 0) is 6.18 Å². The SMILES string of the molecule is Nc1c(Nc2ccccn2)ncnc1Nc1ccccc1C(F)(F)F. The summed E-state index contributed by atoms with van der Waals surface area (Å²) in [7, 11) is 0. The lowest BCUT2D eigenvalue weighted by atomic mass is 10.1. The molecule has 0 fully saturated rings. The molecule has 0 aliphatic rings. The van der Waals surface area contributed by atoms with Gasteiger partial charge in [0.2, 0.25) is 0 Å². The van der Waals surface area contributed by atoms with Gasteiger partial charge < -0.3 is 16.4 Å². The molecular weight excluding hydrogens is 333 g/mol. The van der Waals surface area contributed by atoms with Gasteiger partial charge in [-0.05, 0) is 24.3 Å². The van der Waals surface area contributed by atoms with E-state index in [0.717, 1.165) is 6.07 Å². The fourth-order valence-electron chi connectivity index (χ4n) is 2.12. The van der Waals surface area contributed by atoms with Crippen LogP contribution < -0.4 is 16.4 Å². The molecule has 1 aromatic carbocycles. The molecule has 0 saturated carbocycles. The highest BCUT2D eigenvalue weighted by Crippen LogP contribution is 2.37. The molecule has 9 heteroatoms. The van der Waals surface area contributed by atoms with Crippen molar-refractivity contribution in [1.29, 1.82) is 0 Å². The molecule has 0 bridgehead atoms. The van der Waals surface area contributed by atoms with Gasteiger partial charge in [-0.25, -0.2) is 15.0 Å². The van der Waals surface area contributed by atoms with E-state index in [4.69, 9.17) is 5.73 Å². The van der Waals surface area contributed by atoms with E-state index >= 15 is 0 Å². The molecule has 6 nitrogen and oxygen atoms in total. The number of hydrogen-bond acceptors (Lipinski definition) is 6. The van der Waals surface area contributed by atoms with Gasteiger partial charge in [-0.2, -0.15) is 13.2 Å². The number of pyridine rings is 1. The molecule has 4 N–H and O–H groups in total. The number of aromatic nitrogens is 3. The minimum Gasteiger partial charge on any atom is -0.393 e. The van der Waals surface area contributed by atoms with E-state index in [1.54, 1.807) is 24.4 Å². The Morgan fingerprint density at radius 1 is 0.840 bits per heavy atom. The quantitative estimate of drug-likeness (QED) is 0.663. The van der Waals surface area contributed by atoms with Crippen LogP contribution >= 0.6 is 0 Å². The van der Waals surface area contributed by atoms with Crippen molar-refractivity contribution in [2.24, 2.45) is 0 Å². The number of alkyl halides is 3. The molecule has 0 saturated heterocycles. The fourth-order valence-corrected chi connectivity index (χ4v) is 2.12. The molecule has 0 amide bonds. The van der Waals surface area contributed by atoms with Crippen LogP contribution in [0.15, 0.2) is 55.0 Å². The van der Waals surface area contributed by atoms with Crippen LogP contribution in [0.1, 0.15) is 5.56 Å². The second-order valence-corrected chi connectivity index (χ2v) is 4.99. The average molecular weight is 346 g/mol. The van der Waals surface area contributed by atoms with Crippen LogP contribution in [0.4, 0.5) is 42.0 Å². The van der Waals surface area contributed by atoms with Gasteiger partial charge in [0, 0.05) is 6.20 Å². The molecule has 0 radical (unpaired) electrons. The largest absolute Gasteiger partial charge is 0.418 e. The normalized spacial score (nSPS) is 11.2. The predicted octanol–water partition coefficient (Wildman–Crippen LogP) is 3.96. The van der Waals surface area contributed by atoms with E-state index in [1.165, 1.54) is 24.5 Å². The summed E-state index contributed by atoms with van der Waals surface area (Å²) in [6.07, 6.45) is -1.72. The Kier molecular flexibility index (Phi) is 4.38. The minimum absolute atomic E-state index is 0.0603. The highest BCUT2D eigenvalue weighted by molar-refractivity contribution is 5.80. The zero-order valence-electron chi connectivity index (χ0n) is 12.7. The Balaban J connectivity index is 1.91. The number of benzene rings is 1. The summed E-state index contributed by atoms with van der Waals surface area (Å²) in [5.74, 6) is 0.792. The molecular formula is C16H13F3N6. The smallest absolute Gasteiger partial charge is 0.393 e. The van der Waals surface area contributed by atoms with E-state index in [1.807, 2.05) is 0 Å². The van der Waals surface area contributed by atoms with Gasteiger partial charge in [-0.1, -0.05) is 18.2 Å². The summed E-state index contributed by atoms with van der Waals surface area (Å²) in [6.45, 7) is 0. The van der Waals surface area contributed by atoms with Crippen molar-refractivity contribution < 1.29 is 13.2 Å². The molecule has 128 valence electrons. The van der Waals surface area contributed by atoms with Gasteiger partial charge in [0.1, 0.15) is 17.8 Å². The number of nitrogens with two attached hydrogens (primary N) is 1. The molecule has 0 aliphatic carbocycles. The maximum atomic E-state index is 13.1. The summed E-state index contributed by atoms with van der Waals surface area (Å²) in [6, 6.07) is 10.3. The zero-order chi connectivity index (χ0) is 17.9. The molecule has 0 unspecified atom stereocenters. The topological polar surface area (TPSA) is 88.8 Å². The lowest BCUT2D eigenvalue weighted by molar-refractivity contribution is -0.136. The molecule has 0 atom stereocenters. The number of rotatable bonds is 4.